The second-order valence-corrected chi connectivity index (χ2v) is 8.19. The number of piperidine rings is 1. The summed E-state index contributed by atoms with van der Waals surface area (Å²) in [7, 11) is 1.87. The first-order valence-electron chi connectivity index (χ1n) is 10.3. The molecule has 2 aromatic heterocycles. The molecule has 0 atom stereocenters. The molecule has 6 nitrogen and oxygen atoms in total. The van der Waals surface area contributed by atoms with Crippen molar-refractivity contribution in [2.45, 2.75) is 31.9 Å². The van der Waals surface area contributed by atoms with Gasteiger partial charge in [0.1, 0.15) is 23.9 Å². The molecule has 0 spiro atoms. The minimum absolute atomic E-state index is 0.102. The number of pyridine rings is 1. The SMILES string of the molecule is Cn1c(C=O)cnc1CN1CCC(c2cccc(OCc3ccc(Cl)cc3F)n2)CC1. The number of aromatic nitrogens is 3. The van der Waals surface area contributed by atoms with Crippen LogP contribution >= 0.6 is 11.6 Å². The molecule has 0 N–H and O–H groups in total. The maximum absolute atomic E-state index is 14.0. The quantitative estimate of drug-likeness (QED) is 0.508. The molecule has 3 heterocycles. The van der Waals surface area contributed by atoms with E-state index in [0.717, 1.165) is 50.3 Å². The molecule has 0 bridgehead atoms. The highest BCUT2D eigenvalue weighted by Gasteiger charge is 2.23. The lowest BCUT2D eigenvalue weighted by molar-refractivity contribution is 0.111. The number of likely N-dealkylation sites (tertiary alicyclic amines) is 1. The van der Waals surface area contributed by atoms with Crippen molar-refractivity contribution < 1.29 is 13.9 Å². The lowest BCUT2D eigenvalue weighted by atomic mass is 9.93. The number of hydrogen-bond acceptors (Lipinski definition) is 5. The first-order valence-corrected chi connectivity index (χ1v) is 10.6. The molecular weight excluding hydrogens is 419 g/mol. The van der Waals surface area contributed by atoms with Crippen molar-refractivity contribution in [3.8, 4) is 5.88 Å². The summed E-state index contributed by atoms with van der Waals surface area (Å²) in [5, 5.41) is 0.361. The molecule has 0 saturated carbocycles. The number of hydrogen-bond donors (Lipinski definition) is 0. The Balaban J connectivity index is 1.33. The molecule has 0 radical (unpaired) electrons. The van der Waals surface area contributed by atoms with E-state index in [4.69, 9.17) is 16.3 Å². The molecule has 1 fully saturated rings. The van der Waals surface area contributed by atoms with Crippen LogP contribution in [0.5, 0.6) is 5.88 Å². The van der Waals surface area contributed by atoms with Gasteiger partial charge in [-0.25, -0.2) is 14.4 Å². The normalized spacial score (nSPS) is 15.2. The van der Waals surface area contributed by atoms with E-state index in [1.54, 1.807) is 24.4 Å². The highest BCUT2D eigenvalue weighted by Crippen LogP contribution is 2.28. The molecule has 1 aliphatic rings. The fourth-order valence-corrected chi connectivity index (χ4v) is 3.99. The minimum atomic E-state index is -0.385. The fourth-order valence-electron chi connectivity index (χ4n) is 3.84. The van der Waals surface area contributed by atoms with Gasteiger partial charge in [0.2, 0.25) is 5.88 Å². The van der Waals surface area contributed by atoms with Crippen LogP contribution in [0.3, 0.4) is 0 Å². The highest BCUT2D eigenvalue weighted by atomic mass is 35.5. The minimum Gasteiger partial charge on any atom is -0.473 e. The van der Waals surface area contributed by atoms with E-state index in [1.807, 2.05) is 23.7 Å². The summed E-state index contributed by atoms with van der Waals surface area (Å²) in [6.45, 7) is 2.68. The summed E-state index contributed by atoms with van der Waals surface area (Å²) in [4.78, 5) is 22.4. The Hall–Kier alpha value is -2.77. The lowest BCUT2D eigenvalue weighted by Crippen LogP contribution is -2.33. The van der Waals surface area contributed by atoms with Crippen molar-refractivity contribution in [1.82, 2.24) is 19.4 Å². The Morgan fingerprint density at radius 3 is 2.77 bits per heavy atom. The van der Waals surface area contributed by atoms with Crippen molar-refractivity contribution in [2.75, 3.05) is 13.1 Å². The van der Waals surface area contributed by atoms with Gasteiger partial charge in [-0.15, -0.1) is 0 Å². The zero-order valence-electron chi connectivity index (χ0n) is 17.3. The van der Waals surface area contributed by atoms with Crippen LogP contribution < -0.4 is 4.74 Å². The van der Waals surface area contributed by atoms with Crippen LogP contribution in [0, 0.1) is 5.82 Å². The number of nitrogens with zero attached hydrogens (tertiary/aromatic N) is 4. The second kappa shape index (κ2) is 9.58. The predicted octanol–water partition coefficient (Wildman–Crippen LogP) is 4.38. The fraction of sp³-hybridized carbons (Fsp3) is 0.348. The van der Waals surface area contributed by atoms with Gasteiger partial charge in [-0.1, -0.05) is 23.7 Å². The van der Waals surface area contributed by atoms with Crippen LogP contribution in [-0.2, 0) is 20.2 Å². The average molecular weight is 443 g/mol. The van der Waals surface area contributed by atoms with Crippen LogP contribution in [0.15, 0.2) is 42.6 Å². The molecule has 1 saturated heterocycles. The number of ether oxygens (including phenoxy) is 1. The van der Waals surface area contributed by atoms with Gasteiger partial charge in [0.25, 0.3) is 0 Å². The van der Waals surface area contributed by atoms with Gasteiger partial charge in [-0.2, -0.15) is 0 Å². The Labute approximate surface area is 185 Å². The molecule has 1 aromatic carbocycles. The number of rotatable bonds is 7. The van der Waals surface area contributed by atoms with Gasteiger partial charge in [0.15, 0.2) is 6.29 Å². The van der Waals surface area contributed by atoms with E-state index < -0.39 is 0 Å². The summed E-state index contributed by atoms with van der Waals surface area (Å²) in [6, 6.07) is 10.3. The third-order valence-electron chi connectivity index (χ3n) is 5.75. The van der Waals surface area contributed by atoms with Crippen molar-refractivity contribution in [3.05, 3.63) is 76.2 Å². The van der Waals surface area contributed by atoms with Crippen LogP contribution in [0.1, 0.15) is 46.3 Å². The van der Waals surface area contributed by atoms with Gasteiger partial charge < -0.3 is 9.30 Å². The Morgan fingerprint density at radius 2 is 2.06 bits per heavy atom. The molecule has 0 unspecified atom stereocenters. The van der Waals surface area contributed by atoms with E-state index in [2.05, 4.69) is 14.9 Å². The molecular formula is C23H24ClFN4O2. The standard InChI is InChI=1S/C23H24ClFN4O2/c1-28-19(14-30)12-26-22(28)13-29-9-7-16(8-10-29)21-3-2-4-23(27-21)31-15-17-5-6-18(24)11-20(17)25/h2-6,11-12,14,16H,7-10,13,15H2,1H3. The molecule has 4 rings (SSSR count). The molecule has 0 amide bonds. The largest absolute Gasteiger partial charge is 0.473 e. The zero-order chi connectivity index (χ0) is 21.8. The van der Waals surface area contributed by atoms with Crippen LogP contribution in [0.4, 0.5) is 4.39 Å². The van der Waals surface area contributed by atoms with Crippen LogP contribution in [-0.4, -0.2) is 38.8 Å². The van der Waals surface area contributed by atoms with Gasteiger partial charge in [-0.3, -0.25) is 9.69 Å². The van der Waals surface area contributed by atoms with Crippen molar-refractivity contribution >= 4 is 17.9 Å². The number of carbonyl (C=O) groups is 1. The molecule has 31 heavy (non-hydrogen) atoms. The van der Waals surface area contributed by atoms with Crippen molar-refractivity contribution in [3.63, 3.8) is 0 Å². The molecule has 3 aromatic rings. The maximum atomic E-state index is 14.0. The maximum Gasteiger partial charge on any atom is 0.213 e. The summed E-state index contributed by atoms with van der Waals surface area (Å²) in [6.07, 6.45) is 4.39. The zero-order valence-corrected chi connectivity index (χ0v) is 18.1. The van der Waals surface area contributed by atoms with Crippen LogP contribution in [0.2, 0.25) is 5.02 Å². The number of halogens is 2. The Morgan fingerprint density at radius 1 is 1.26 bits per heavy atom. The van der Waals surface area contributed by atoms with Crippen molar-refractivity contribution in [1.29, 1.82) is 0 Å². The number of aldehydes is 1. The van der Waals surface area contributed by atoms with E-state index in [1.165, 1.54) is 6.07 Å². The first kappa shape index (κ1) is 21.5. The summed E-state index contributed by atoms with van der Waals surface area (Å²) in [5.41, 5.74) is 2.02. The summed E-state index contributed by atoms with van der Waals surface area (Å²) < 4.78 is 21.5. The molecule has 162 valence electrons. The summed E-state index contributed by atoms with van der Waals surface area (Å²) >= 11 is 5.80. The van der Waals surface area contributed by atoms with E-state index >= 15 is 0 Å². The monoisotopic (exact) mass is 442 g/mol. The first-order chi connectivity index (χ1) is 15.0. The second-order valence-electron chi connectivity index (χ2n) is 7.75. The third kappa shape index (κ3) is 5.11. The van der Waals surface area contributed by atoms with Crippen LogP contribution in [0.25, 0.3) is 0 Å². The third-order valence-corrected chi connectivity index (χ3v) is 5.98. The van der Waals surface area contributed by atoms with E-state index in [0.29, 0.717) is 28.1 Å². The highest BCUT2D eigenvalue weighted by molar-refractivity contribution is 6.30. The molecule has 1 aliphatic heterocycles. The smallest absolute Gasteiger partial charge is 0.213 e. The van der Waals surface area contributed by atoms with Gasteiger partial charge in [-0.05, 0) is 44.1 Å². The Bertz CT molecular complexity index is 1060. The molecule has 8 heteroatoms. The van der Waals surface area contributed by atoms with Gasteiger partial charge in [0, 0.05) is 35.3 Å². The average Bonchev–Trinajstić information content (AvgIpc) is 3.13. The summed E-state index contributed by atoms with van der Waals surface area (Å²) in [5.74, 6) is 1.34. The topological polar surface area (TPSA) is 60.2 Å². The number of imidazole rings is 1. The van der Waals surface area contributed by atoms with E-state index in [9.17, 15) is 9.18 Å². The molecule has 0 aliphatic carbocycles. The number of carbonyl (C=O) groups excluding carboxylic acids is 1. The number of benzene rings is 1. The predicted molar refractivity (Wildman–Crippen MR) is 116 cm³/mol. The van der Waals surface area contributed by atoms with E-state index in [-0.39, 0.29) is 12.4 Å². The lowest BCUT2D eigenvalue weighted by Gasteiger charge is -2.31. The van der Waals surface area contributed by atoms with Crippen molar-refractivity contribution in [2.24, 2.45) is 7.05 Å². The Kier molecular flexibility index (Phi) is 6.63. The van der Waals surface area contributed by atoms with Gasteiger partial charge in [0.05, 0.1) is 12.7 Å². The van der Waals surface area contributed by atoms with Gasteiger partial charge >= 0.3 is 0 Å².